The third-order valence-electron chi connectivity index (χ3n) is 6.08. The number of methoxy groups -OCH3 is 1. The highest BCUT2D eigenvalue weighted by Gasteiger charge is 2.12. The lowest BCUT2D eigenvalue weighted by molar-refractivity contribution is 0.415. The molecule has 31 heavy (non-hydrogen) atoms. The average molecular weight is 407 g/mol. The van der Waals surface area contributed by atoms with Gasteiger partial charge in [0.2, 0.25) is 0 Å². The van der Waals surface area contributed by atoms with Crippen molar-refractivity contribution in [3.05, 3.63) is 102 Å². The Hall–Kier alpha value is -3.32. The second-order valence-electron chi connectivity index (χ2n) is 8.05. The van der Waals surface area contributed by atoms with Crippen LogP contribution in [0.2, 0.25) is 0 Å². The van der Waals surface area contributed by atoms with Gasteiger partial charge in [-0.2, -0.15) is 0 Å². The molecule has 156 valence electrons. The van der Waals surface area contributed by atoms with Gasteiger partial charge in [0.05, 0.1) is 7.11 Å². The average Bonchev–Trinajstić information content (AvgIpc) is 2.83. The Morgan fingerprint density at radius 2 is 0.968 bits per heavy atom. The minimum absolute atomic E-state index is 0.883. The molecule has 0 bridgehead atoms. The maximum absolute atomic E-state index is 5.33. The highest BCUT2D eigenvalue weighted by atomic mass is 16.5. The van der Waals surface area contributed by atoms with Gasteiger partial charge in [-0.15, -0.1) is 0 Å². The van der Waals surface area contributed by atoms with E-state index in [-0.39, 0.29) is 0 Å². The lowest BCUT2D eigenvalue weighted by Crippen LogP contribution is -1.95. The molecule has 0 aliphatic carbocycles. The van der Waals surface area contributed by atoms with Crippen molar-refractivity contribution in [3.8, 4) is 39.1 Å². The first-order chi connectivity index (χ1) is 15.1. The second-order valence-corrected chi connectivity index (χ2v) is 8.05. The van der Waals surface area contributed by atoms with Gasteiger partial charge in [-0.3, -0.25) is 0 Å². The summed E-state index contributed by atoms with van der Waals surface area (Å²) >= 11 is 0. The van der Waals surface area contributed by atoms with Crippen LogP contribution in [0.5, 0.6) is 5.75 Å². The molecule has 1 heteroatoms. The molecule has 0 aliphatic rings. The molecule has 0 aliphatic heterocycles. The number of hydrogen-bond acceptors (Lipinski definition) is 1. The summed E-state index contributed by atoms with van der Waals surface area (Å²) in [7, 11) is 1.70. The Labute approximate surface area is 186 Å². The van der Waals surface area contributed by atoms with Crippen LogP contribution in [0, 0.1) is 6.92 Å². The van der Waals surface area contributed by atoms with Crippen LogP contribution in [-0.4, -0.2) is 7.11 Å². The van der Waals surface area contributed by atoms with Gasteiger partial charge in [0.25, 0.3) is 0 Å². The summed E-state index contributed by atoms with van der Waals surface area (Å²) in [6.45, 7) is 6.61. The molecule has 0 spiro atoms. The lowest BCUT2D eigenvalue weighted by atomic mass is 9.88. The van der Waals surface area contributed by atoms with Crippen LogP contribution >= 0.6 is 0 Å². The van der Waals surface area contributed by atoms with E-state index in [9.17, 15) is 0 Å². The Morgan fingerprint density at radius 1 is 0.548 bits per heavy atom. The summed E-state index contributed by atoms with van der Waals surface area (Å²) in [6, 6.07) is 30.9. The summed E-state index contributed by atoms with van der Waals surface area (Å²) in [5.74, 6) is 0.883. The van der Waals surface area contributed by atoms with Gasteiger partial charge >= 0.3 is 0 Å². The van der Waals surface area contributed by atoms with E-state index >= 15 is 0 Å². The van der Waals surface area contributed by atoms with E-state index in [4.69, 9.17) is 4.74 Å². The van der Waals surface area contributed by atoms with Crippen LogP contribution in [0.3, 0.4) is 0 Å². The number of hydrogen-bond donors (Lipinski definition) is 0. The summed E-state index contributed by atoms with van der Waals surface area (Å²) in [5.41, 5.74) is 11.7. The first-order valence-electron chi connectivity index (χ1n) is 11.1. The van der Waals surface area contributed by atoms with Crippen molar-refractivity contribution >= 4 is 0 Å². The maximum Gasteiger partial charge on any atom is 0.118 e. The Kier molecular flexibility index (Phi) is 6.23. The molecule has 0 heterocycles. The van der Waals surface area contributed by atoms with E-state index in [0.29, 0.717) is 0 Å². The molecule has 0 amide bonds. The molecule has 0 N–H and O–H groups in total. The van der Waals surface area contributed by atoms with Gasteiger partial charge < -0.3 is 4.74 Å². The maximum atomic E-state index is 5.33. The summed E-state index contributed by atoms with van der Waals surface area (Å²) < 4.78 is 5.33. The van der Waals surface area contributed by atoms with E-state index in [1.54, 1.807) is 7.11 Å². The summed E-state index contributed by atoms with van der Waals surface area (Å²) in [4.78, 5) is 0. The van der Waals surface area contributed by atoms with Crippen molar-refractivity contribution in [2.75, 3.05) is 7.11 Å². The fourth-order valence-corrected chi connectivity index (χ4v) is 4.16. The van der Waals surface area contributed by atoms with Gasteiger partial charge in [-0.1, -0.05) is 80.1 Å². The van der Waals surface area contributed by atoms with Crippen molar-refractivity contribution in [1.82, 2.24) is 0 Å². The molecular formula is C30H30O. The highest BCUT2D eigenvalue weighted by Crippen LogP contribution is 2.35. The zero-order chi connectivity index (χ0) is 21.8. The minimum Gasteiger partial charge on any atom is -0.497 e. The minimum atomic E-state index is 0.883. The van der Waals surface area contributed by atoms with E-state index in [1.165, 1.54) is 50.1 Å². The topological polar surface area (TPSA) is 9.23 Å². The number of rotatable bonds is 6. The van der Waals surface area contributed by atoms with Gasteiger partial charge in [-0.05, 0) is 88.5 Å². The monoisotopic (exact) mass is 406 g/mol. The summed E-state index contributed by atoms with van der Waals surface area (Å²) in [5, 5.41) is 0. The quantitative estimate of drug-likeness (QED) is 0.314. The lowest BCUT2D eigenvalue weighted by Gasteiger charge is -2.16. The van der Waals surface area contributed by atoms with Crippen molar-refractivity contribution in [2.24, 2.45) is 0 Å². The molecule has 0 radical (unpaired) electrons. The van der Waals surface area contributed by atoms with Crippen molar-refractivity contribution < 1.29 is 4.74 Å². The second kappa shape index (κ2) is 9.22. The molecule has 1 nitrogen and oxygen atoms in total. The van der Waals surface area contributed by atoms with E-state index < -0.39 is 0 Å². The zero-order valence-electron chi connectivity index (χ0n) is 18.9. The Morgan fingerprint density at radius 3 is 1.39 bits per heavy atom. The van der Waals surface area contributed by atoms with E-state index in [0.717, 1.165) is 18.6 Å². The van der Waals surface area contributed by atoms with Gasteiger partial charge in [-0.25, -0.2) is 0 Å². The van der Waals surface area contributed by atoms with Crippen LogP contribution in [0.15, 0.2) is 84.9 Å². The van der Waals surface area contributed by atoms with E-state index in [2.05, 4.69) is 93.6 Å². The first kappa shape index (κ1) is 20.9. The standard InChI is InChI=1S/C30H30O/c1-5-22-11-13-26(24-9-7-21(3)8-10-24)19-29(22)30-20-27(14-12-23(30)6-2)25-15-17-28(31-4)18-16-25/h7-20H,5-6H2,1-4H3. The third-order valence-corrected chi connectivity index (χ3v) is 6.08. The molecule has 4 aromatic carbocycles. The van der Waals surface area contributed by atoms with Crippen LogP contribution in [0.1, 0.15) is 30.5 Å². The molecule has 0 atom stereocenters. The predicted molar refractivity (Wildman–Crippen MR) is 133 cm³/mol. The van der Waals surface area contributed by atoms with E-state index in [1.807, 2.05) is 12.1 Å². The largest absolute Gasteiger partial charge is 0.497 e. The van der Waals surface area contributed by atoms with Crippen molar-refractivity contribution in [1.29, 1.82) is 0 Å². The number of aryl methyl sites for hydroxylation is 3. The molecule has 0 fully saturated rings. The van der Waals surface area contributed by atoms with Gasteiger partial charge in [0.1, 0.15) is 5.75 Å². The highest BCUT2D eigenvalue weighted by molar-refractivity contribution is 5.81. The summed E-state index contributed by atoms with van der Waals surface area (Å²) in [6.07, 6.45) is 2.02. The predicted octanol–water partition coefficient (Wildman–Crippen LogP) is 8.13. The van der Waals surface area contributed by atoms with Crippen LogP contribution < -0.4 is 4.74 Å². The van der Waals surface area contributed by atoms with Crippen LogP contribution in [0.25, 0.3) is 33.4 Å². The Bertz CT molecular complexity index is 1170. The normalized spacial score (nSPS) is 10.8. The van der Waals surface area contributed by atoms with Gasteiger partial charge in [0, 0.05) is 0 Å². The fraction of sp³-hybridized carbons (Fsp3) is 0.200. The number of ether oxygens (including phenoxy) is 1. The molecule has 0 aromatic heterocycles. The molecule has 0 unspecified atom stereocenters. The number of benzene rings is 4. The third kappa shape index (κ3) is 4.41. The molecule has 0 saturated heterocycles. The van der Waals surface area contributed by atoms with Crippen LogP contribution in [-0.2, 0) is 12.8 Å². The van der Waals surface area contributed by atoms with Crippen molar-refractivity contribution in [3.63, 3.8) is 0 Å². The molecule has 0 saturated carbocycles. The first-order valence-corrected chi connectivity index (χ1v) is 11.1. The molecule has 4 rings (SSSR count). The van der Waals surface area contributed by atoms with Gasteiger partial charge in [0.15, 0.2) is 0 Å². The Balaban J connectivity index is 1.84. The fourth-order valence-electron chi connectivity index (χ4n) is 4.16. The van der Waals surface area contributed by atoms with Crippen molar-refractivity contribution in [2.45, 2.75) is 33.6 Å². The van der Waals surface area contributed by atoms with Crippen LogP contribution in [0.4, 0.5) is 0 Å². The molecular weight excluding hydrogens is 376 g/mol. The zero-order valence-corrected chi connectivity index (χ0v) is 18.9. The smallest absolute Gasteiger partial charge is 0.118 e. The molecule has 4 aromatic rings. The SMILES string of the molecule is CCc1ccc(-c2ccc(C)cc2)cc1-c1cc(-c2ccc(OC)cc2)ccc1CC.